The fourth-order valence-corrected chi connectivity index (χ4v) is 2.80. The topological polar surface area (TPSA) is 77.8 Å². The second-order valence-corrected chi connectivity index (χ2v) is 5.11. The molecule has 2 atom stereocenters. The van der Waals surface area contributed by atoms with E-state index in [1.165, 1.54) is 0 Å². The van der Waals surface area contributed by atoms with Crippen molar-refractivity contribution in [3.05, 3.63) is 35.9 Å². The van der Waals surface area contributed by atoms with Crippen molar-refractivity contribution in [2.75, 3.05) is 6.54 Å². The zero-order valence-corrected chi connectivity index (χ0v) is 11.2. The average Bonchev–Trinajstić information content (AvgIpc) is 2.45. The van der Waals surface area contributed by atoms with E-state index in [2.05, 4.69) is 0 Å². The van der Waals surface area contributed by atoms with Gasteiger partial charge in [-0.2, -0.15) is 0 Å². The van der Waals surface area contributed by atoms with Gasteiger partial charge in [0.15, 0.2) is 0 Å². The highest BCUT2D eigenvalue weighted by molar-refractivity contribution is 5.78. The zero-order valence-electron chi connectivity index (χ0n) is 11.2. The summed E-state index contributed by atoms with van der Waals surface area (Å²) in [5, 5.41) is 18.5. The van der Waals surface area contributed by atoms with Crippen LogP contribution in [-0.4, -0.2) is 45.7 Å². The first-order valence-electron chi connectivity index (χ1n) is 6.85. The van der Waals surface area contributed by atoms with Crippen molar-refractivity contribution in [3.8, 4) is 0 Å². The molecule has 0 bridgehead atoms. The Hall–Kier alpha value is -1.88. The molecule has 5 heteroatoms. The van der Waals surface area contributed by atoms with Gasteiger partial charge in [0.1, 0.15) is 12.1 Å². The van der Waals surface area contributed by atoms with Crippen molar-refractivity contribution in [1.29, 1.82) is 0 Å². The summed E-state index contributed by atoms with van der Waals surface area (Å²) in [5.74, 6) is -1.85. The smallest absolute Gasteiger partial charge is 0.320 e. The van der Waals surface area contributed by atoms with Gasteiger partial charge in [0.2, 0.25) is 0 Å². The van der Waals surface area contributed by atoms with Gasteiger partial charge in [-0.3, -0.25) is 14.5 Å². The SMILES string of the molecule is O=C(O)[C@H]1CCC[C@@H](C(=O)O)N1CCc1ccccc1. The maximum atomic E-state index is 11.3. The van der Waals surface area contributed by atoms with Crippen molar-refractivity contribution < 1.29 is 19.8 Å². The Labute approximate surface area is 117 Å². The van der Waals surface area contributed by atoms with E-state index in [0.717, 1.165) is 5.56 Å². The van der Waals surface area contributed by atoms with Gasteiger partial charge in [-0.05, 0) is 31.2 Å². The third-order valence-corrected chi connectivity index (χ3v) is 3.83. The van der Waals surface area contributed by atoms with Crippen LogP contribution in [0.25, 0.3) is 0 Å². The number of carboxylic acid groups (broad SMARTS) is 2. The van der Waals surface area contributed by atoms with E-state index in [4.69, 9.17) is 0 Å². The lowest BCUT2D eigenvalue weighted by Crippen LogP contribution is -2.54. The van der Waals surface area contributed by atoms with Gasteiger partial charge < -0.3 is 10.2 Å². The molecule has 5 nitrogen and oxygen atoms in total. The van der Waals surface area contributed by atoms with Crippen LogP contribution in [0.3, 0.4) is 0 Å². The minimum Gasteiger partial charge on any atom is -0.480 e. The van der Waals surface area contributed by atoms with Gasteiger partial charge in [-0.1, -0.05) is 30.3 Å². The number of hydrogen-bond donors (Lipinski definition) is 2. The third kappa shape index (κ3) is 3.36. The molecule has 1 aliphatic heterocycles. The number of carboxylic acids is 2. The van der Waals surface area contributed by atoms with Crippen LogP contribution in [0.1, 0.15) is 24.8 Å². The normalized spacial score (nSPS) is 23.4. The summed E-state index contributed by atoms with van der Waals surface area (Å²) in [7, 11) is 0. The van der Waals surface area contributed by atoms with E-state index in [-0.39, 0.29) is 0 Å². The summed E-state index contributed by atoms with van der Waals surface area (Å²) in [5.41, 5.74) is 1.09. The highest BCUT2D eigenvalue weighted by Crippen LogP contribution is 2.24. The molecular weight excluding hydrogens is 258 g/mol. The fraction of sp³-hybridized carbons (Fsp3) is 0.467. The summed E-state index contributed by atoms with van der Waals surface area (Å²) >= 11 is 0. The summed E-state index contributed by atoms with van der Waals surface area (Å²) < 4.78 is 0. The lowest BCUT2D eigenvalue weighted by atomic mass is 9.94. The molecule has 0 aliphatic carbocycles. The lowest BCUT2D eigenvalue weighted by molar-refractivity contribution is -0.153. The Morgan fingerprint density at radius 1 is 1.05 bits per heavy atom. The predicted molar refractivity (Wildman–Crippen MR) is 73.6 cm³/mol. The van der Waals surface area contributed by atoms with Gasteiger partial charge in [-0.25, -0.2) is 0 Å². The van der Waals surface area contributed by atoms with Crippen LogP contribution in [-0.2, 0) is 16.0 Å². The van der Waals surface area contributed by atoms with Gasteiger partial charge in [0.05, 0.1) is 0 Å². The summed E-state index contributed by atoms with van der Waals surface area (Å²) in [6.07, 6.45) is 2.35. The number of benzene rings is 1. The molecule has 0 amide bonds. The van der Waals surface area contributed by atoms with Crippen molar-refractivity contribution in [1.82, 2.24) is 4.90 Å². The van der Waals surface area contributed by atoms with Crippen LogP contribution in [0.5, 0.6) is 0 Å². The minimum atomic E-state index is -0.927. The van der Waals surface area contributed by atoms with E-state index in [1.54, 1.807) is 4.90 Å². The number of hydrogen-bond acceptors (Lipinski definition) is 3. The molecule has 0 spiro atoms. The highest BCUT2D eigenvalue weighted by atomic mass is 16.4. The van der Waals surface area contributed by atoms with E-state index < -0.39 is 24.0 Å². The molecule has 20 heavy (non-hydrogen) atoms. The van der Waals surface area contributed by atoms with Crippen molar-refractivity contribution in [2.24, 2.45) is 0 Å². The van der Waals surface area contributed by atoms with Crippen LogP contribution in [0.15, 0.2) is 30.3 Å². The molecule has 0 radical (unpaired) electrons. The third-order valence-electron chi connectivity index (χ3n) is 3.83. The largest absolute Gasteiger partial charge is 0.480 e. The van der Waals surface area contributed by atoms with Crippen LogP contribution in [0.4, 0.5) is 0 Å². The molecule has 1 fully saturated rings. The maximum absolute atomic E-state index is 11.3. The van der Waals surface area contributed by atoms with E-state index in [9.17, 15) is 19.8 Å². The van der Waals surface area contributed by atoms with Crippen LogP contribution < -0.4 is 0 Å². The molecular formula is C15H19NO4. The van der Waals surface area contributed by atoms with Crippen molar-refractivity contribution in [3.63, 3.8) is 0 Å². The molecule has 0 saturated carbocycles. The Morgan fingerprint density at radius 3 is 2.10 bits per heavy atom. The molecule has 0 aromatic heterocycles. The van der Waals surface area contributed by atoms with E-state index in [0.29, 0.717) is 32.2 Å². The van der Waals surface area contributed by atoms with Gasteiger partial charge in [-0.15, -0.1) is 0 Å². The molecule has 0 unspecified atom stereocenters. The number of likely N-dealkylation sites (tertiary alicyclic amines) is 1. The first-order chi connectivity index (χ1) is 9.59. The van der Waals surface area contributed by atoms with Crippen LogP contribution in [0, 0.1) is 0 Å². The average molecular weight is 277 g/mol. The Morgan fingerprint density at radius 2 is 1.60 bits per heavy atom. The first-order valence-corrected chi connectivity index (χ1v) is 6.85. The monoisotopic (exact) mass is 277 g/mol. The Kier molecular flexibility index (Phi) is 4.74. The molecule has 1 aromatic carbocycles. The second kappa shape index (κ2) is 6.52. The van der Waals surface area contributed by atoms with Crippen LogP contribution >= 0.6 is 0 Å². The Balaban J connectivity index is 2.09. The number of aliphatic carboxylic acids is 2. The van der Waals surface area contributed by atoms with Gasteiger partial charge in [0, 0.05) is 6.54 Å². The van der Waals surface area contributed by atoms with Crippen molar-refractivity contribution in [2.45, 2.75) is 37.8 Å². The zero-order chi connectivity index (χ0) is 14.5. The summed E-state index contributed by atoms with van der Waals surface area (Å²) in [6, 6.07) is 8.33. The van der Waals surface area contributed by atoms with Gasteiger partial charge >= 0.3 is 11.9 Å². The quantitative estimate of drug-likeness (QED) is 0.855. The molecule has 108 valence electrons. The number of carbonyl (C=O) groups is 2. The number of nitrogens with zero attached hydrogens (tertiary/aromatic N) is 1. The first kappa shape index (κ1) is 14.5. The second-order valence-electron chi connectivity index (χ2n) is 5.11. The maximum Gasteiger partial charge on any atom is 0.320 e. The van der Waals surface area contributed by atoms with Gasteiger partial charge in [0.25, 0.3) is 0 Å². The summed E-state index contributed by atoms with van der Waals surface area (Å²) in [4.78, 5) is 24.2. The fourth-order valence-electron chi connectivity index (χ4n) is 2.80. The molecule has 1 aliphatic rings. The predicted octanol–water partition coefficient (Wildman–Crippen LogP) is 1.62. The molecule has 2 N–H and O–H groups in total. The molecule has 2 rings (SSSR count). The Bertz CT molecular complexity index is 452. The lowest BCUT2D eigenvalue weighted by Gasteiger charge is -2.37. The summed E-state index contributed by atoms with van der Waals surface area (Å²) in [6.45, 7) is 0.456. The highest BCUT2D eigenvalue weighted by Gasteiger charge is 2.38. The standard InChI is InChI=1S/C15H19NO4/c17-14(18)12-7-4-8-13(15(19)20)16(12)10-9-11-5-2-1-3-6-11/h1-3,5-6,12-13H,4,7-10H2,(H,17,18)(H,19,20)/t12-,13+. The van der Waals surface area contributed by atoms with Crippen LogP contribution in [0.2, 0.25) is 0 Å². The molecule has 1 heterocycles. The van der Waals surface area contributed by atoms with Crippen molar-refractivity contribution >= 4 is 11.9 Å². The molecule has 1 saturated heterocycles. The molecule has 1 aromatic rings. The van der Waals surface area contributed by atoms with E-state index in [1.807, 2.05) is 30.3 Å². The minimum absolute atomic E-state index is 0.456. The number of rotatable bonds is 5. The van der Waals surface area contributed by atoms with E-state index >= 15 is 0 Å². The number of piperidine rings is 1.